The molecule has 18 heteroatoms. The summed E-state index contributed by atoms with van der Waals surface area (Å²) in [5, 5.41) is 8.06. The number of hydrogen-bond acceptors (Lipinski definition) is 9. The van der Waals surface area contributed by atoms with Crippen molar-refractivity contribution in [2.45, 2.75) is 96.3 Å². The number of aromatic nitrogens is 6. The Labute approximate surface area is 317 Å². The zero-order chi connectivity index (χ0) is 39.7. The van der Waals surface area contributed by atoms with Gasteiger partial charge in [-0.2, -0.15) is 23.7 Å². The van der Waals surface area contributed by atoms with Gasteiger partial charge in [0.2, 0.25) is 0 Å². The molecular formula is C37H39ClF5N9O3. The minimum Gasteiger partial charge on any atom is -0.463 e. The van der Waals surface area contributed by atoms with Gasteiger partial charge in [-0.25, -0.2) is 32.8 Å². The Morgan fingerprint density at radius 1 is 1.09 bits per heavy atom. The van der Waals surface area contributed by atoms with Crippen LogP contribution in [-0.2, 0) is 19.9 Å². The number of nitrogens with zero attached hydrogens (tertiary/aromatic N) is 8. The van der Waals surface area contributed by atoms with E-state index in [-0.39, 0.29) is 58.8 Å². The molecule has 2 saturated carbocycles. The Morgan fingerprint density at radius 3 is 2.44 bits per heavy atom. The number of nitrogens with two attached hydrogens (primary N) is 1. The summed E-state index contributed by atoms with van der Waals surface area (Å²) in [5.41, 5.74) is 2.95. The maximum atomic E-state index is 16.4. The normalized spacial score (nSPS) is 20.2. The third kappa shape index (κ3) is 7.30. The lowest BCUT2D eigenvalue weighted by molar-refractivity contribution is -0.153. The lowest BCUT2D eigenvalue weighted by Gasteiger charge is -2.35. The number of benzene rings is 2. The van der Waals surface area contributed by atoms with E-state index in [9.17, 15) is 22.4 Å². The standard InChI is InChI=1S/C37H39ClF5N9O3/c1-34(2,3)17-37(24-9-5-21(14-26(24)39)29-46-19-50(49-29)22-7-8-22)31(54)51(33(44)48-37)27(16-55-28(53)15-36(11-12-36)35(4,42)43)20-6-10-25(38)23(13-20)30-45-18-47-52(30)32(40)41/h5-6,9-10,13-14,18-19,22,27,32H,7-8,11-12,15-17H2,1-4H3,(H2,44,48)/t27-,37-/m1/s1. The van der Waals surface area contributed by atoms with E-state index in [2.05, 4.69) is 25.2 Å². The Hall–Kier alpha value is -4.93. The highest BCUT2D eigenvalue weighted by atomic mass is 35.5. The van der Waals surface area contributed by atoms with E-state index in [1.807, 2.05) is 20.8 Å². The van der Waals surface area contributed by atoms with Gasteiger partial charge in [0, 0.05) is 22.1 Å². The van der Waals surface area contributed by atoms with Crippen LogP contribution in [0, 0.1) is 16.6 Å². The molecule has 0 radical (unpaired) electrons. The molecule has 0 bridgehead atoms. The number of rotatable bonds is 13. The van der Waals surface area contributed by atoms with Gasteiger partial charge in [0.25, 0.3) is 11.8 Å². The van der Waals surface area contributed by atoms with Crippen LogP contribution >= 0.6 is 11.6 Å². The van der Waals surface area contributed by atoms with E-state index in [0.717, 1.165) is 31.0 Å². The van der Waals surface area contributed by atoms with Gasteiger partial charge in [0.1, 0.15) is 25.1 Å². The first kappa shape index (κ1) is 38.3. The lowest BCUT2D eigenvalue weighted by Crippen LogP contribution is -2.47. The maximum Gasteiger partial charge on any atom is 0.335 e. The molecule has 2 aliphatic carbocycles. The Balaban J connectivity index is 1.28. The van der Waals surface area contributed by atoms with Gasteiger partial charge in [-0.1, -0.05) is 50.6 Å². The van der Waals surface area contributed by atoms with Crippen molar-refractivity contribution in [2.24, 2.45) is 21.6 Å². The summed E-state index contributed by atoms with van der Waals surface area (Å²) >= 11 is 6.46. The van der Waals surface area contributed by atoms with Crippen molar-refractivity contribution in [1.29, 1.82) is 0 Å². The number of amides is 1. The van der Waals surface area contributed by atoms with Crippen LogP contribution in [0.4, 0.5) is 22.0 Å². The van der Waals surface area contributed by atoms with Crippen molar-refractivity contribution in [2.75, 3.05) is 6.61 Å². The van der Waals surface area contributed by atoms with E-state index >= 15 is 9.18 Å². The lowest BCUT2D eigenvalue weighted by atomic mass is 9.75. The number of carbonyl (C=O) groups is 2. The number of ether oxygens (including phenoxy) is 1. The topological polar surface area (TPSA) is 146 Å². The first-order valence-electron chi connectivity index (χ1n) is 17.7. The molecule has 4 aromatic rings. The third-order valence-electron chi connectivity index (χ3n) is 10.4. The summed E-state index contributed by atoms with van der Waals surface area (Å²) in [6.07, 6.45) is 4.13. The number of esters is 1. The molecular weight excluding hydrogens is 749 g/mol. The van der Waals surface area contributed by atoms with Crippen molar-refractivity contribution in [3.8, 4) is 22.8 Å². The zero-order valence-corrected chi connectivity index (χ0v) is 31.2. The minimum atomic E-state index is -3.14. The average molecular weight is 788 g/mol. The summed E-state index contributed by atoms with van der Waals surface area (Å²) in [7, 11) is 0. The van der Waals surface area contributed by atoms with Crippen LogP contribution in [0.25, 0.3) is 22.8 Å². The van der Waals surface area contributed by atoms with Crippen molar-refractivity contribution < 1.29 is 36.3 Å². The zero-order valence-electron chi connectivity index (χ0n) is 30.4. The van der Waals surface area contributed by atoms with E-state index in [4.69, 9.17) is 22.1 Å². The van der Waals surface area contributed by atoms with Crippen molar-refractivity contribution in [1.82, 2.24) is 34.4 Å². The van der Waals surface area contributed by atoms with Crippen LogP contribution in [0.5, 0.6) is 0 Å². The number of carbonyl (C=O) groups excluding carboxylic acids is 2. The van der Waals surface area contributed by atoms with Gasteiger partial charge in [0.15, 0.2) is 23.1 Å². The second-order valence-corrected chi connectivity index (χ2v) is 16.2. The molecule has 292 valence electrons. The molecule has 3 heterocycles. The van der Waals surface area contributed by atoms with Crippen LogP contribution in [0.15, 0.2) is 54.0 Å². The molecule has 2 atom stereocenters. The molecule has 0 saturated heterocycles. The second-order valence-electron chi connectivity index (χ2n) is 15.8. The number of aliphatic imine (C=N–C) groups is 1. The Bertz CT molecular complexity index is 2170. The van der Waals surface area contributed by atoms with Crippen LogP contribution in [0.1, 0.15) is 96.0 Å². The van der Waals surface area contributed by atoms with Crippen molar-refractivity contribution >= 4 is 29.4 Å². The van der Waals surface area contributed by atoms with Crippen molar-refractivity contribution in [3.63, 3.8) is 0 Å². The van der Waals surface area contributed by atoms with Crippen LogP contribution in [-0.4, -0.2) is 64.8 Å². The monoisotopic (exact) mass is 787 g/mol. The second kappa shape index (κ2) is 13.7. The van der Waals surface area contributed by atoms with E-state index in [1.54, 1.807) is 17.1 Å². The largest absolute Gasteiger partial charge is 0.463 e. The minimum absolute atomic E-state index is 0.00154. The van der Waals surface area contributed by atoms with E-state index < -0.39 is 65.6 Å². The number of halogens is 6. The summed E-state index contributed by atoms with van der Waals surface area (Å²) < 4.78 is 80.7. The van der Waals surface area contributed by atoms with Gasteiger partial charge in [0.05, 0.1) is 23.5 Å². The first-order valence-corrected chi connectivity index (χ1v) is 18.1. The highest BCUT2D eigenvalue weighted by Crippen LogP contribution is 2.59. The fourth-order valence-corrected chi connectivity index (χ4v) is 7.42. The summed E-state index contributed by atoms with van der Waals surface area (Å²) in [5.74, 6) is -5.97. The smallest absolute Gasteiger partial charge is 0.335 e. The Kier molecular flexibility index (Phi) is 9.53. The average Bonchev–Trinajstić information content (AvgIpc) is 3.97. The van der Waals surface area contributed by atoms with Gasteiger partial charge >= 0.3 is 12.5 Å². The SMILES string of the molecule is CC(C)(C)C[C@]1(c2ccc(-c3ncn(C4CC4)n3)cc2F)N=C(N)N([C@H](COC(=O)CC2(C(C)(F)F)CC2)c2ccc(Cl)c(-c3ncnn3C(F)F)c2)C1=O. The first-order chi connectivity index (χ1) is 25.8. The number of guanidine groups is 1. The number of alkyl halides is 4. The fourth-order valence-electron chi connectivity index (χ4n) is 7.21. The Morgan fingerprint density at radius 2 is 1.82 bits per heavy atom. The fraction of sp³-hybridized carbons (Fsp3) is 0.486. The molecule has 2 fully saturated rings. The molecule has 2 N–H and O–H groups in total. The molecule has 2 aromatic carbocycles. The summed E-state index contributed by atoms with van der Waals surface area (Å²) in [6.45, 7) is 2.60. The molecule has 1 amide bonds. The molecule has 0 unspecified atom stereocenters. The highest BCUT2D eigenvalue weighted by Gasteiger charge is 2.60. The van der Waals surface area contributed by atoms with E-state index in [1.165, 1.54) is 30.3 Å². The van der Waals surface area contributed by atoms with E-state index in [0.29, 0.717) is 16.1 Å². The molecule has 0 spiro atoms. The van der Waals surface area contributed by atoms with Gasteiger partial charge in [-0.05, 0) is 68.2 Å². The van der Waals surface area contributed by atoms with Gasteiger partial charge in [-0.15, -0.1) is 0 Å². The molecule has 7 rings (SSSR count). The van der Waals surface area contributed by atoms with Crippen molar-refractivity contribution in [3.05, 3.63) is 71.0 Å². The highest BCUT2D eigenvalue weighted by molar-refractivity contribution is 6.33. The van der Waals surface area contributed by atoms with Gasteiger partial charge in [-0.3, -0.25) is 14.5 Å². The summed E-state index contributed by atoms with van der Waals surface area (Å²) in [4.78, 5) is 42.1. The summed E-state index contributed by atoms with van der Waals surface area (Å²) in [6, 6.07) is 7.41. The number of hydrogen-bond donors (Lipinski definition) is 1. The molecule has 1 aliphatic heterocycles. The maximum absolute atomic E-state index is 16.4. The predicted octanol–water partition coefficient (Wildman–Crippen LogP) is 7.62. The molecule has 3 aliphatic rings. The van der Waals surface area contributed by atoms with Crippen LogP contribution < -0.4 is 5.73 Å². The van der Waals surface area contributed by atoms with Crippen LogP contribution in [0.2, 0.25) is 5.02 Å². The third-order valence-corrected chi connectivity index (χ3v) is 10.7. The molecule has 12 nitrogen and oxygen atoms in total. The molecule has 2 aromatic heterocycles. The van der Waals surface area contributed by atoms with Crippen LogP contribution in [0.3, 0.4) is 0 Å². The predicted molar refractivity (Wildman–Crippen MR) is 190 cm³/mol. The van der Waals surface area contributed by atoms with Gasteiger partial charge < -0.3 is 10.5 Å². The molecule has 55 heavy (non-hydrogen) atoms. The quantitative estimate of drug-likeness (QED) is 0.108.